The zero-order valence-electron chi connectivity index (χ0n) is 19.6. The van der Waals surface area contributed by atoms with Gasteiger partial charge in [-0.3, -0.25) is 0 Å². The molecule has 0 spiro atoms. The van der Waals surface area contributed by atoms with Crippen molar-refractivity contribution in [2.45, 2.75) is 117 Å². The van der Waals surface area contributed by atoms with Crippen molar-refractivity contribution in [3.8, 4) is 0 Å². The Balaban J connectivity index is 1.44. The number of aromatic nitrogens is 1. The molecule has 2 rings (SSSR count). The Morgan fingerprint density at radius 1 is 0.690 bits per heavy atom. The van der Waals surface area contributed by atoms with Gasteiger partial charge in [0, 0.05) is 11.2 Å². The van der Waals surface area contributed by atoms with Gasteiger partial charge in [-0.1, -0.05) is 129 Å². The summed E-state index contributed by atoms with van der Waals surface area (Å²) in [5.41, 5.74) is 2.68. The van der Waals surface area contributed by atoms with E-state index in [1.165, 1.54) is 113 Å². The topological polar surface area (TPSA) is 15.8 Å². The van der Waals surface area contributed by atoms with Crippen molar-refractivity contribution in [1.82, 2.24) is 4.98 Å². The summed E-state index contributed by atoms with van der Waals surface area (Å²) in [7, 11) is 0. The zero-order valence-corrected chi connectivity index (χ0v) is 19.6. The third-order valence-corrected chi connectivity index (χ3v) is 6.86. The summed E-state index contributed by atoms with van der Waals surface area (Å²) < 4.78 is 0. The minimum Gasteiger partial charge on any atom is -0.358 e. The summed E-state index contributed by atoms with van der Waals surface area (Å²) in [4.78, 5) is 3.60. The second kappa shape index (κ2) is 14.7. The first-order chi connectivity index (χ1) is 14.2. The first-order valence-electron chi connectivity index (χ1n) is 12.8. The van der Waals surface area contributed by atoms with Gasteiger partial charge in [0.25, 0.3) is 0 Å². The van der Waals surface area contributed by atoms with Crippen LogP contribution < -0.4 is 0 Å². The maximum absolute atomic E-state index is 3.60. The van der Waals surface area contributed by atoms with Crippen LogP contribution in [0.2, 0.25) is 0 Å². The number of hydrogen-bond donors (Lipinski definition) is 1. The number of para-hydroxylation sites is 1. The molecule has 1 heterocycles. The average Bonchev–Trinajstić information content (AvgIpc) is 3.13. The summed E-state index contributed by atoms with van der Waals surface area (Å²) in [6, 6.07) is 11.0. The van der Waals surface area contributed by atoms with Crippen molar-refractivity contribution in [3.05, 3.63) is 36.0 Å². The van der Waals surface area contributed by atoms with Crippen molar-refractivity contribution < 1.29 is 0 Å². The standard InChI is InChI=1S/C28H47N/c1-4-5-6-7-8-9-10-11-12-13-14-15-16-19-24(2)25(3)22-27-23-26-20-17-18-21-28(26)29-27/h17-18,20-21,23-25,29H,4-16,19,22H2,1-3H3. The van der Waals surface area contributed by atoms with Gasteiger partial charge in [-0.25, -0.2) is 0 Å². The van der Waals surface area contributed by atoms with E-state index in [1.54, 1.807) is 0 Å². The highest BCUT2D eigenvalue weighted by Gasteiger charge is 2.14. The molecular weight excluding hydrogens is 350 g/mol. The summed E-state index contributed by atoms with van der Waals surface area (Å²) >= 11 is 0. The van der Waals surface area contributed by atoms with Crippen LogP contribution in [0.15, 0.2) is 30.3 Å². The lowest BCUT2D eigenvalue weighted by atomic mass is 9.87. The first kappa shape index (κ1) is 24.0. The van der Waals surface area contributed by atoms with Gasteiger partial charge in [-0.2, -0.15) is 0 Å². The fourth-order valence-corrected chi connectivity index (χ4v) is 4.56. The molecule has 0 aliphatic rings. The van der Waals surface area contributed by atoms with Crippen LogP contribution in [0.4, 0.5) is 0 Å². The minimum absolute atomic E-state index is 0.750. The van der Waals surface area contributed by atoms with E-state index in [0.717, 1.165) is 11.8 Å². The summed E-state index contributed by atoms with van der Waals surface area (Å²) in [5, 5.41) is 1.35. The summed E-state index contributed by atoms with van der Waals surface area (Å²) in [6.07, 6.45) is 21.3. The van der Waals surface area contributed by atoms with E-state index in [0.29, 0.717) is 0 Å². The molecule has 2 aromatic rings. The van der Waals surface area contributed by atoms with Gasteiger partial charge in [-0.05, 0) is 35.8 Å². The van der Waals surface area contributed by atoms with E-state index in [1.807, 2.05) is 0 Å². The highest BCUT2D eigenvalue weighted by atomic mass is 14.7. The number of fused-ring (bicyclic) bond motifs is 1. The zero-order chi connectivity index (χ0) is 20.7. The van der Waals surface area contributed by atoms with Crippen molar-refractivity contribution >= 4 is 10.9 Å². The van der Waals surface area contributed by atoms with Crippen LogP contribution in [0.3, 0.4) is 0 Å². The fraction of sp³-hybridized carbons (Fsp3) is 0.714. The maximum atomic E-state index is 3.60. The third-order valence-electron chi connectivity index (χ3n) is 6.86. The predicted octanol–water partition coefficient (Wildman–Crippen LogP) is 9.46. The van der Waals surface area contributed by atoms with E-state index >= 15 is 0 Å². The van der Waals surface area contributed by atoms with Crippen LogP contribution in [0.5, 0.6) is 0 Å². The largest absolute Gasteiger partial charge is 0.358 e. The molecular formula is C28H47N. The predicted molar refractivity (Wildman–Crippen MR) is 131 cm³/mol. The normalized spacial score (nSPS) is 13.8. The molecule has 0 radical (unpaired) electrons. The molecule has 0 amide bonds. The van der Waals surface area contributed by atoms with Crippen LogP contribution in [0.25, 0.3) is 10.9 Å². The maximum Gasteiger partial charge on any atom is 0.0456 e. The minimum atomic E-state index is 0.750. The molecule has 2 atom stereocenters. The lowest BCUT2D eigenvalue weighted by Crippen LogP contribution is -2.11. The molecule has 0 aliphatic heterocycles. The molecule has 1 heteroatoms. The molecule has 0 saturated carbocycles. The van der Waals surface area contributed by atoms with Gasteiger partial charge in [0.05, 0.1) is 0 Å². The van der Waals surface area contributed by atoms with Crippen LogP contribution >= 0.6 is 0 Å². The summed E-state index contributed by atoms with van der Waals surface area (Å²) in [5.74, 6) is 1.56. The second-order valence-electron chi connectivity index (χ2n) is 9.57. The molecule has 0 saturated heterocycles. The summed E-state index contributed by atoms with van der Waals surface area (Å²) in [6.45, 7) is 7.18. The Kier molecular flexibility index (Phi) is 12.2. The van der Waals surface area contributed by atoms with Crippen LogP contribution in [0, 0.1) is 11.8 Å². The number of hydrogen-bond acceptors (Lipinski definition) is 0. The van der Waals surface area contributed by atoms with Gasteiger partial charge in [-0.15, -0.1) is 0 Å². The van der Waals surface area contributed by atoms with Crippen molar-refractivity contribution in [2.75, 3.05) is 0 Å². The SMILES string of the molecule is CCCCCCCCCCCCCCCC(C)C(C)Cc1cc2ccccc2[nH]1. The van der Waals surface area contributed by atoms with Crippen LogP contribution in [-0.4, -0.2) is 4.98 Å². The second-order valence-corrected chi connectivity index (χ2v) is 9.57. The van der Waals surface area contributed by atoms with Crippen molar-refractivity contribution in [3.63, 3.8) is 0 Å². The Morgan fingerprint density at radius 2 is 1.24 bits per heavy atom. The third kappa shape index (κ3) is 9.87. The highest BCUT2D eigenvalue weighted by molar-refractivity contribution is 5.80. The molecule has 1 nitrogen and oxygen atoms in total. The molecule has 0 aliphatic carbocycles. The van der Waals surface area contributed by atoms with E-state index in [4.69, 9.17) is 0 Å². The Bertz CT molecular complexity index is 608. The monoisotopic (exact) mass is 397 g/mol. The van der Waals surface area contributed by atoms with Gasteiger partial charge in [0.2, 0.25) is 0 Å². The van der Waals surface area contributed by atoms with Gasteiger partial charge >= 0.3 is 0 Å². The number of unbranched alkanes of at least 4 members (excludes halogenated alkanes) is 12. The van der Waals surface area contributed by atoms with Gasteiger partial charge < -0.3 is 4.98 Å². The molecule has 1 aromatic carbocycles. The molecule has 0 bridgehead atoms. The number of nitrogens with one attached hydrogen (secondary N) is 1. The molecule has 2 unspecified atom stereocenters. The van der Waals surface area contributed by atoms with Crippen LogP contribution in [0.1, 0.15) is 116 Å². The molecule has 1 aromatic heterocycles. The Hall–Kier alpha value is -1.24. The average molecular weight is 398 g/mol. The van der Waals surface area contributed by atoms with Crippen LogP contribution in [-0.2, 0) is 6.42 Å². The smallest absolute Gasteiger partial charge is 0.0456 e. The number of H-pyrrole nitrogens is 1. The van der Waals surface area contributed by atoms with E-state index in [9.17, 15) is 0 Å². The lowest BCUT2D eigenvalue weighted by molar-refractivity contribution is 0.346. The quantitative estimate of drug-likeness (QED) is 0.256. The Labute approximate surface area is 181 Å². The molecule has 0 fully saturated rings. The van der Waals surface area contributed by atoms with E-state index < -0.39 is 0 Å². The van der Waals surface area contributed by atoms with Crippen molar-refractivity contribution in [1.29, 1.82) is 0 Å². The number of aromatic amines is 1. The molecule has 164 valence electrons. The van der Waals surface area contributed by atoms with E-state index in [2.05, 4.69) is 56.1 Å². The Morgan fingerprint density at radius 3 is 1.83 bits per heavy atom. The van der Waals surface area contributed by atoms with E-state index in [-0.39, 0.29) is 0 Å². The van der Waals surface area contributed by atoms with Gasteiger partial charge in [0.1, 0.15) is 0 Å². The molecule has 1 N–H and O–H groups in total. The van der Waals surface area contributed by atoms with Crippen molar-refractivity contribution in [2.24, 2.45) is 11.8 Å². The lowest BCUT2D eigenvalue weighted by Gasteiger charge is -2.19. The first-order valence-corrected chi connectivity index (χ1v) is 12.8. The van der Waals surface area contributed by atoms with Gasteiger partial charge in [0.15, 0.2) is 0 Å². The number of rotatable bonds is 17. The highest BCUT2D eigenvalue weighted by Crippen LogP contribution is 2.24. The fourth-order valence-electron chi connectivity index (χ4n) is 4.56. The number of benzene rings is 1. The molecule has 29 heavy (non-hydrogen) atoms.